The first kappa shape index (κ1) is 16.9. The van der Waals surface area contributed by atoms with Gasteiger partial charge in [0.05, 0.1) is 19.9 Å². The van der Waals surface area contributed by atoms with Crippen LogP contribution in [0.25, 0.3) is 0 Å². The van der Waals surface area contributed by atoms with E-state index in [4.69, 9.17) is 9.47 Å². The lowest BCUT2D eigenvalue weighted by atomic mass is 9.88. The molecule has 0 radical (unpaired) electrons. The Bertz CT molecular complexity index is 843. The molecule has 0 bridgehead atoms. The average molecular weight is 355 g/mol. The molecule has 1 aromatic heterocycles. The molecule has 1 aromatic carbocycles. The number of carbonyl (C=O) groups is 1. The van der Waals surface area contributed by atoms with E-state index in [0.717, 1.165) is 66.5 Å². The van der Waals surface area contributed by atoms with Gasteiger partial charge < -0.3 is 19.4 Å². The van der Waals surface area contributed by atoms with Crippen molar-refractivity contribution in [3.63, 3.8) is 0 Å². The second-order valence-corrected chi connectivity index (χ2v) is 7.17. The van der Waals surface area contributed by atoms with Crippen LogP contribution >= 0.6 is 0 Å². The van der Waals surface area contributed by atoms with Gasteiger partial charge in [-0.2, -0.15) is 0 Å². The van der Waals surface area contributed by atoms with Gasteiger partial charge in [0.25, 0.3) is 0 Å². The van der Waals surface area contributed by atoms with E-state index < -0.39 is 0 Å². The fourth-order valence-corrected chi connectivity index (χ4v) is 4.16. The number of imidazole rings is 1. The molecule has 0 spiro atoms. The Morgan fingerprint density at radius 3 is 2.65 bits per heavy atom. The summed E-state index contributed by atoms with van der Waals surface area (Å²) in [7, 11) is 3.29. The highest BCUT2D eigenvalue weighted by Crippen LogP contribution is 2.34. The second-order valence-electron chi connectivity index (χ2n) is 7.17. The van der Waals surface area contributed by atoms with Gasteiger partial charge in [-0.05, 0) is 49.4 Å². The maximum absolute atomic E-state index is 13.1. The number of amides is 1. The number of nitrogens with one attached hydrogen (secondary N) is 1. The molecule has 1 N–H and O–H groups in total. The van der Waals surface area contributed by atoms with Gasteiger partial charge in [-0.25, -0.2) is 4.98 Å². The molecule has 0 saturated heterocycles. The first-order valence-electron chi connectivity index (χ1n) is 9.16. The zero-order valence-electron chi connectivity index (χ0n) is 15.6. The number of benzene rings is 1. The lowest BCUT2D eigenvalue weighted by molar-refractivity contribution is -0.136. The summed E-state index contributed by atoms with van der Waals surface area (Å²) in [5, 5.41) is 0. The summed E-state index contributed by atoms with van der Waals surface area (Å²) in [5.41, 5.74) is 4.65. The SMILES string of the molecule is COc1cc2c(cc1OC)CN(C(=O)[C@@H]1CCc3nc(C)[nH]c3C1)CC2. The second kappa shape index (κ2) is 6.67. The van der Waals surface area contributed by atoms with Crippen molar-refractivity contribution >= 4 is 5.91 Å². The number of hydrogen-bond donors (Lipinski definition) is 1. The fraction of sp³-hybridized carbons (Fsp3) is 0.500. The van der Waals surface area contributed by atoms with Crippen LogP contribution in [-0.2, 0) is 30.6 Å². The number of methoxy groups -OCH3 is 2. The quantitative estimate of drug-likeness (QED) is 0.918. The first-order valence-corrected chi connectivity index (χ1v) is 9.16. The molecule has 0 unspecified atom stereocenters. The smallest absolute Gasteiger partial charge is 0.226 e. The van der Waals surface area contributed by atoms with E-state index >= 15 is 0 Å². The summed E-state index contributed by atoms with van der Waals surface area (Å²) in [6.07, 6.45) is 3.38. The minimum atomic E-state index is 0.0454. The van der Waals surface area contributed by atoms with Gasteiger partial charge in [0.1, 0.15) is 5.82 Å². The zero-order valence-corrected chi connectivity index (χ0v) is 15.6. The van der Waals surface area contributed by atoms with E-state index in [-0.39, 0.29) is 11.8 Å². The third-order valence-electron chi connectivity index (χ3n) is 5.54. The van der Waals surface area contributed by atoms with E-state index in [9.17, 15) is 4.79 Å². The summed E-state index contributed by atoms with van der Waals surface area (Å²) in [5.74, 6) is 2.71. The van der Waals surface area contributed by atoms with E-state index in [0.29, 0.717) is 6.54 Å². The van der Waals surface area contributed by atoms with Crippen LogP contribution < -0.4 is 9.47 Å². The molecule has 4 rings (SSSR count). The monoisotopic (exact) mass is 355 g/mol. The Hall–Kier alpha value is -2.50. The molecule has 1 aliphatic carbocycles. The molecule has 0 saturated carbocycles. The first-order chi connectivity index (χ1) is 12.6. The summed E-state index contributed by atoms with van der Waals surface area (Å²) >= 11 is 0. The molecule has 1 atom stereocenters. The van der Waals surface area contributed by atoms with E-state index in [1.807, 2.05) is 24.0 Å². The predicted octanol–water partition coefficient (Wildman–Crippen LogP) is 2.43. The minimum absolute atomic E-state index is 0.0454. The minimum Gasteiger partial charge on any atom is -0.493 e. The lowest BCUT2D eigenvalue weighted by Gasteiger charge is -2.33. The Labute approximate surface area is 153 Å². The number of H-pyrrole nitrogens is 1. The molecule has 2 heterocycles. The number of carbonyl (C=O) groups excluding carboxylic acids is 1. The highest BCUT2D eigenvalue weighted by molar-refractivity contribution is 5.80. The topological polar surface area (TPSA) is 67.5 Å². The summed E-state index contributed by atoms with van der Waals surface area (Å²) in [4.78, 5) is 22.9. The van der Waals surface area contributed by atoms with Crippen LogP contribution in [0, 0.1) is 12.8 Å². The van der Waals surface area contributed by atoms with E-state index in [1.165, 1.54) is 5.56 Å². The summed E-state index contributed by atoms with van der Waals surface area (Å²) < 4.78 is 10.8. The number of aryl methyl sites for hydroxylation is 2. The molecule has 1 aliphatic heterocycles. The van der Waals surface area contributed by atoms with Crippen LogP contribution in [0.2, 0.25) is 0 Å². The van der Waals surface area contributed by atoms with Crippen molar-refractivity contribution in [3.8, 4) is 11.5 Å². The molecule has 6 heteroatoms. The predicted molar refractivity (Wildman–Crippen MR) is 97.5 cm³/mol. The van der Waals surface area contributed by atoms with Crippen LogP contribution in [0.1, 0.15) is 34.8 Å². The van der Waals surface area contributed by atoms with Gasteiger partial charge in [-0.1, -0.05) is 0 Å². The van der Waals surface area contributed by atoms with Crippen molar-refractivity contribution in [2.45, 2.75) is 39.2 Å². The summed E-state index contributed by atoms with van der Waals surface area (Å²) in [6.45, 7) is 3.37. The van der Waals surface area contributed by atoms with Crippen molar-refractivity contribution < 1.29 is 14.3 Å². The van der Waals surface area contributed by atoms with E-state index in [2.05, 4.69) is 9.97 Å². The molecule has 6 nitrogen and oxygen atoms in total. The number of hydrogen-bond acceptors (Lipinski definition) is 4. The number of aromatic nitrogens is 2. The van der Waals surface area contributed by atoms with Gasteiger partial charge in [0.15, 0.2) is 11.5 Å². The Morgan fingerprint density at radius 2 is 1.92 bits per heavy atom. The normalized spacial score (nSPS) is 18.9. The van der Waals surface area contributed by atoms with Crippen molar-refractivity contribution in [1.29, 1.82) is 0 Å². The number of ether oxygens (including phenoxy) is 2. The fourth-order valence-electron chi connectivity index (χ4n) is 4.16. The maximum atomic E-state index is 13.1. The number of nitrogens with zero attached hydrogens (tertiary/aromatic N) is 2. The number of rotatable bonds is 3. The van der Waals surface area contributed by atoms with Crippen LogP contribution in [0.4, 0.5) is 0 Å². The van der Waals surface area contributed by atoms with Crippen LogP contribution in [-0.4, -0.2) is 41.5 Å². The average Bonchev–Trinajstić information content (AvgIpc) is 3.04. The molecule has 2 aliphatic rings. The molecular weight excluding hydrogens is 330 g/mol. The third kappa shape index (κ3) is 2.93. The van der Waals surface area contributed by atoms with Gasteiger partial charge in [-0.15, -0.1) is 0 Å². The largest absolute Gasteiger partial charge is 0.493 e. The third-order valence-corrected chi connectivity index (χ3v) is 5.54. The Balaban J connectivity index is 1.51. The molecule has 0 fully saturated rings. The standard InChI is InChI=1S/C20H25N3O3/c1-12-21-16-5-4-14(8-17(16)22-12)20(24)23-7-6-13-9-18(25-2)19(26-3)10-15(13)11-23/h9-10,14H,4-8,11H2,1-3H3,(H,21,22)/t14-/m1/s1. The van der Waals surface area contributed by atoms with Gasteiger partial charge in [0.2, 0.25) is 5.91 Å². The van der Waals surface area contributed by atoms with Crippen molar-refractivity contribution in [1.82, 2.24) is 14.9 Å². The van der Waals surface area contributed by atoms with Crippen molar-refractivity contribution in [2.75, 3.05) is 20.8 Å². The van der Waals surface area contributed by atoms with Crippen LogP contribution in [0.15, 0.2) is 12.1 Å². The maximum Gasteiger partial charge on any atom is 0.226 e. The Kier molecular flexibility index (Phi) is 4.34. The highest BCUT2D eigenvalue weighted by Gasteiger charge is 2.32. The van der Waals surface area contributed by atoms with Gasteiger partial charge in [-0.3, -0.25) is 4.79 Å². The molecule has 138 valence electrons. The van der Waals surface area contributed by atoms with Crippen LogP contribution in [0.5, 0.6) is 11.5 Å². The van der Waals surface area contributed by atoms with Gasteiger partial charge in [0, 0.05) is 31.1 Å². The van der Waals surface area contributed by atoms with Crippen molar-refractivity contribution in [2.24, 2.45) is 5.92 Å². The number of fused-ring (bicyclic) bond motifs is 2. The molecule has 2 aromatic rings. The van der Waals surface area contributed by atoms with Crippen LogP contribution in [0.3, 0.4) is 0 Å². The van der Waals surface area contributed by atoms with Gasteiger partial charge >= 0.3 is 0 Å². The molecule has 26 heavy (non-hydrogen) atoms. The zero-order chi connectivity index (χ0) is 18.3. The molecular formula is C20H25N3O3. The number of aromatic amines is 1. The highest BCUT2D eigenvalue weighted by atomic mass is 16.5. The van der Waals surface area contributed by atoms with E-state index in [1.54, 1.807) is 14.2 Å². The summed E-state index contributed by atoms with van der Waals surface area (Å²) in [6, 6.07) is 4.04. The lowest BCUT2D eigenvalue weighted by Crippen LogP contribution is -2.41. The Morgan fingerprint density at radius 1 is 1.19 bits per heavy atom. The van der Waals surface area contributed by atoms with Crippen molar-refractivity contribution in [3.05, 3.63) is 40.5 Å². The molecule has 1 amide bonds.